The van der Waals surface area contributed by atoms with Crippen molar-refractivity contribution >= 4 is 22.9 Å². The fourth-order valence-corrected chi connectivity index (χ4v) is 2.96. The number of nitrogens with one attached hydrogen (secondary N) is 1. The standard InChI is InChI=1S/C12H11ClN2O2S/c1-14-4-8-5-15-12(18-8)7-2-9(13)11-10(3-7)16-6-17-11/h2-3,5,14H,4,6H2,1H3. The first kappa shape index (κ1) is 11.8. The van der Waals surface area contributed by atoms with Gasteiger partial charge in [-0.15, -0.1) is 11.3 Å². The summed E-state index contributed by atoms with van der Waals surface area (Å²) in [5.74, 6) is 1.30. The summed E-state index contributed by atoms with van der Waals surface area (Å²) in [6.45, 7) is 1.04. The van der Waals surface area contributed by atoms with Gasteiger partial charge in [-0.1, -0.05) is 11.6 Å². The maximum atomic E-state index is 6.15. The number of fused-ring (bicyclic) bond motifs is 1. The van der Waals surface area contributed by atoms with Crippen LogP contribution in [0, 0.1) is 0 Å². The van der Waals surface area contributed by atoms with Crippen molar-refractivity contribution in [1.29, 1.82) is 0 Å². The van der Waals surface area contributed by atoms with Gasteiger partial charge in [-0.05, 0) is 19.2 Å². The lowest BCUT2D eigenvalue weighted by Crippen LogP contribution is -2.02. The van der Waals surface area contributed by atoms with Crippen LogP contribution in [0.4, 0.5) is 0 Å². The second-order valence-electron chi connectivity index (χ2n) is 3.85. The molecule has 2 heterocycles. The predicted molar refractivity (Wildman–Crippen MR) is 71.4 cm³/mol. The van der Waals surface area contributed by atoms with E-state index < -0.39 is 0 Å². The average Bonchev–Trinajstić information content (AvgIpc) is 2.97. The van der Waals surface area contributed by atoms with Crippen molar-refractivity contribution in [2.45, 2.75) is 6.54 Å². The van der Waals surface area contributed by atoms with E-state index in [4.69, 9.17) is 21.1 Å². The van der Waals surface area contributed by atoms with E-state index in [1.165, 1.54) is 4.88 Å². The van der Waals surface area contributed by atoms with E-state index >= 15 is 0 Å². The van der Waals surface area contributed by atoms with Crippen LogP contribution in [-0.4, -0.2) is 18.8 Å². The molecule has 94 valence electrons. The molecule has 0 fully saturated rings. The highest BCUT2D eigenvalue weighted by Gasteiger charge is 2.19. The summed E-state index contributed by atoms with van der Waals surface area (Å²) in [5.41, 5.74) is 0.955. The first-order valence-electron chi connectivity index (χ1n) is 5.47. The second kappa shape index (κ2) is 4.76. The minimum absolute atomic E-state index is 0.224. The molecule has 0 spiro atoms. The zero-order valence-corrected chi connectivity index (χ0v) is 11.3. The van der Waals surface area contributed by atoms with E-state index in [-0.39, 0.29) is 6.79 Å². The van der Waals surface area contributed by atoms with Crippen LogP contribution in [-0.2, 0) is 6.54 Å². The minimum atomic E-state index is 0.224. The van der Waals surface area contributed by atoms with E-state index in [9.17, 15) is 0 Å². The monoisotopic (exact) mass is 282 g/mol. The fourth-order valence-electron chi connectivity index (χ4n) is 1.79. The summed E-state index contributed by atoms with van der Waals surface area (Å²) in [6, 6.07) is 3.77. The smallest absolute Gasteiger partial charge is 0.231 e. The molecule has 18 heavy (non-hydrogen) atoms. The summed E-state index contributed by atoms with van der Waals surface area (Å²) in [7, 11) is 1.91. The second-order valence-corrected chi connectivity index (χ2v) is 5.38. The molecule has 0 saturated heterocycles. The average molecular weight is 283 g/mol. The molecule has 0 unspecified atom stereocenters. The molecule has 1 aromatic carbocycles. The van der Waals surface area contributed by atoms with Crippen molar-refractivity contribution in [2.24, 2.45) is 0 Å². The van der Waals surface area contributed by atoms with Gasteiger partial charge in [0.05, 0.1) is 5.02 Å². The highest BCUT2D eigenvalue weighted by atomic mass is 35.5. The van der Waals surface area contributed by atoms with E-state index in [2.05, 4.69) is 10.3 Å². The topological polar surface area (TPSA) is 43.4 Å². The predicted octanol–water partition coefficient (Wildman–Crippen LogP) is 2.91. The number of thiazole rings is 1. The van der Waals surface area contributed by atoms with Crippen LogP contribution in [0.25, 0.3) is 10.6 Å². The molecule has 0 atom stereocenters. The third kappa shape index (κ3) is 2.05. The quantitative estimate of drug-likeness (QED) is 0.940. The maximum absolute atomic E-state index is 6.15. The Morgan fingerprint density at radius 2 is 2.33 bits per heavy atom. The summed E-state index contributed by atoms with van der Waals surface area (Å²) in [4.78, 5) is 5.58. The van der Waals surface area contributed by atoms with Gasteiger partial charge in [-0.2, -0.15) is 0 Å². The van der Waals surface area contributed by atoms with Gasteiger partial charge in [0.2, 0.25) is 6.79 Å². The van der Waals surface area contributed by atoms with Crippen molar-refractivity contribution in [3.05, 3.63) is 28.2 Å². The molecule has 1 aliphatic rings. The number of ether oxygens (including phenoxy) is 2. The Bertz CT molecular complexity index is 585. The summed E-state index contributed by atoms with van der Waals surface area (Å²) in [5, 5.41) is 4.59. The van der Waals surface area contributed by atoms with Gasteiger partial charge in [0.1, 0.15) is 5.01 Å². The molecule has 0 saturated carbocycles. The Hall–Kier alpha value is -1.30. The van der Waals surface area contributed by atoms with Gasteiger partial charge in [0.25, 0.3) is 0 Å². The molecular formula is C12H11ClN2O2S. The molecule has 1 N–H and O–H groups in total. The summed E-state index contributed by atoms with van der Waals surface area (Å²) in [6.07, 6.45) is 1.87. The lowest BCUT2D eigenvalue weighted by atomic mass is 10.2. The molecule has 0 amide bonds. The van der Waals surface area contributed by atoms with Crippen molar-refractivity contribution in [3.63, 3.8) is 0 Å². The molecule has 0 radical (unpaired) electrons. The Balaban J connectivity index is 1.98. The van der Waals surface area contributed by atoms with Gasteiger partial charge in [-0.25, -0.2) is 4.98 Å². The molecule has 6 heteroatoms. The Morgan fingerprint density at radius 1 is 1.44 bits per heavy atom. The Labute approximate surface area is 114 Å². The number of benzene rings is 1. The number of hydrogen-bond donors (Lipinski definition) is 1. The third-order valence-corrected chi connectivity index (χ3v) is 3.91. The van der Waals surface area contributed by atoms with Gasteiger partial charge in [0, 0.05) is 23.2 Å². The largest absolute Gasteiger partial charge is 0.454 e. The van der Waals surface area contributed by atoms with E-state index in [1.54, 1.807) is 11.3 Å². The highest BCUT2D eigenvalue weighted by Crippen LogP contribution is 2.42. The number of nitrogens with zero attached hydrogens (tertiary/aromatic N) is 1. The molecule has 1 aromatic heterocycles. The van der Waals surface area contributed by atoms with E-state index in [1.807, 2.05) is 25.4 Å². The van der Waals surface area contributed by atoms with Gasteiger partial charge >= 0.3 is 0 Å². The zero-order chi connectivity index (χ0) is 12.5. The van der Waals surface area contributed by atoms with Crippen molar-refractivity contribution in [1.82, 2.24) is 10.3 Å². The molecule has 3 rings (SSSR count). The normalized spacial score (nSPS) is 13.0. The summed E-state index contributed by atoms with van der Waals surface area (Å²) < 4.78 is 10.6. The van der Waals surface area contributed by atoms with Crippen LogP contribution in [0.2, 0.25) is 5.02 Å². The van der Waals surface area contributed by atoms with E-state index in [0.29, 0.717) is 16.5 Å². The van der Waals surface area contributed by atoms with Crippen molar-refractivity contribution in [3.8, 4) is 22.1 Å². The zero-order valence-electron chi connectivity index (χ0n) is 9.70. The van der Waals surface area contributed by atoms with Crippen LogP contribution in [0.1, 0.15) is 4.88 Å². The highest BCUT2D eigenvalue weighted by molar-refractivity contribution is 7.15. The molecule has 2 aromatic rings. The lowest BCUT2D eigenvalue weighted by Gasteiger charge is -2.02. The van der Waals surface area contributed by atoms with Crippen LogP contribution < -0.4 is 14.8 Å². The van der Waals surface area contributed by atoms with Crippen LogP contribution >= 0.6 is 22.9 Å². The lowest BCUT2D eigenvalue weighted by molar-refractivity contribution is 0.174. The number of aromatic nitrogens is 1. The first-order valence-corrected chi connectivity index (χ1v) is 6.66. The number of halogens is 1. The molecular weight excluding hydrogens is 272 g/mol. The maximum Gasteiger partial charge on any atom is 0.231 e. The molecule has 0 bridgehead atoms. The SMILES string of the molecule is CNCc1cnc(-c2cc(Cl)c3c(c2)OCO3)s1. The van der Waals surface area contributed by atoms with Crippen molar-refractivity contribution in [2.75, 3.05) is 13.8 Å². The van der Waals surface area contributed by atoms with Crippen LogP contribution in [0.15, 0.2) is 18.3 Å². The first-order chi connectivity index (χ1) is 8.78. The van der Waals surface area contributed by atoms with E-state index in [0.717, 1.165) is 17.1 Å². The Morgan fingerprint density at radius 3 is 3.17 bits per heavy atom. The van der Waals surface area contributed by atoms with Gasteiger partial charge in [0.15, 0.2) is 11.5 Å². The molecule has 1 aliphatic heterocycles. The number of hydrogen-bond acceptors (Lipinski definition) is 5. The summed E-state index contributed by atoms with van der Waals surface area (Å²) >= 11 is 7.79. The minimum Gasteiger partial charge on any atom is -0.454 e. The molecule has 4 nitrogen and oxygen atoms in total. The Kier molecular flexibility index (Phi) is 3.11. The molecule has 0 aliphatic carbocycles. The van der Waals surface area contributed by atoms with Gasteiger partial charge in [-0.3, -0.25) is 0 Å². The third-order valence-electron chi connectivity index (χ3n) is 2.58. The van der Waals surface area contributed by atoms with Crippen molar-refractivity contribution < 1.29 is 9.47 Å². The number of rotatable bonds is 3. The fraction of sp³-hybridized carbons (Fsp3) is 0.250. The van der Waals surface area contributed by atoms with Gasteiger partial charge < -0.3 is 14.8 Å². The van der Waals surface area contributed by atoms with Crippen LogP contribution in [0.5, 0.6) is 11.5 Å². The van der Waals surface area contributed by atoms with Crippen LogP contribution in [0.3, 0.4) is 0 Å².